The van der Waals surface area contributed by atoms with Crippen molar-refractivity contribution >= 4 is 29.5 Å². The van der Waals surface area contributed by atoms with Crippen molar-refractivity contribution in [3.63, 3.8) is 0 Å². The largest absolute Gasteiger partial charge is 0.488 e. The maximum absolute atomic E-state index is 12.8. The number of rotatable bonds is 7. The highest BCUT2D eigenvalue weighted by molar-refractivity contribution is 6.32. The van der Waals surface area contributed by atoms with E-state index in [4.69, 9.17) is 30.5 Å². The average Bonchev–Trinajstić information content (AvgIpc) is 2.70. The zero-order valence-corrected chi connectivity index (χ0v) is 17.3. The second-order valence-corrected chi connectivity index (χ2v) is 6.47. The summed E-state index contributed by atoms with van der Waals surface area (Å²) in [6, 6.07) is 6.87. The number of esters is 3. The van der Waals surface area contributed by atoms with Crippen LogP contribution in [-0.4, -0.2) is 45.3 Å². The van der Waals surface area contributed by atoms with E-state index in [0.29, 0.717) is 22.2 Å². The molecule has 9 heteroatoms. The summed E-state index contributed by atoms with van der Waals surface area (Å²) in [5.41, 5.74) is 0.735. The average molecular weight is 424 g/mol. The number of ether oxygens (including phenoxy) is 4. The number of carbonyl (C=O) groups is 3. The normalized spacial score (nSPS) is 14.2. The molecule has 2 rings (SSSR count). The van der Waals surface area contributed by atoms with Crippen molar-refractivity contribution in [2.75, 3.05) is 27.4 Å². The van der Waals surface area contributed by atoms with Crippen LogP contribution < -0.4 is 10.1 Å². The molecule has 156 valence electrons. The number of carbonyl (C=O) groups excluding carboxylic acids is 3. The van der Waals surface area contributed by atoms with Gasteiger partial charge >= 0.3 is 17.9 Å². The molecular weight excluding hydrogens is 402 g/mol. The van der Waals surface area contributed by atoms with E-state index in [1.54, 1.807) is 38.1 Å². The number of allylic oxidation sites excluding steroid dienone is 2. The van der Waals surface area contributed by atoms with Crippen LogP contribution in [0.15, 0.2) is 46.8 Å². The summed E-state index contributed by atoms with van der Waals surface area (Å²) in [5.74, 6) is -3.13. The van der Waals surface area contributed by atoms with Gasteiger partial charge < -0.3 is 24.3 Å². The predicted molar refractivity (Wildman–Crippen MR) is 104 cm³/mol. The third-order valence-corrected chi connectivity index (χ3v) is 4.54. The van der Waals surface area contributed by atoms with Crippen LogP contribution in [0.3, 0.4) is 0 Å². The first kappa shape index (κ1) is 22.3. The van der Waals surface area contributed by atoms with Crippen molar-refractivity contribution in [1.29, 1.82) is 0 Å². The molecule has 1 aliphatic heterocycles. The highest BCUT2D eigenvalue weighted by atomic mass is 35.5. The van der Waals surface area contributed by atoms with Gasteiger partial charge in [-0.05, 0) is 26.0 Å². The molecule has 8 nitrogen and oxygen atoms in total. The Labute approximate surface area is 173 Å². The van der Waals surface area contributed by atoms with E-state index < -0.39 is 23.8 Å². The van der Waals surface area contributed by atoms with Crippen LogP contribution in [-0.2, 0) is 28.6 Å². The Hall–Kier alpha value is -3.00. The molecule has 29 heavy (non-hydrogen) atoms. The predicted octanol–water partition coefficient (Wildman–Crippen LogP) is 2.38. The molecular formula is C20H22ClNO7. The lowest BCUT2D eigenvalue weighted by molar-refractivity contribution is -0.151. The van der Waals surface area contributed by atoms with Crippen molar-refractivity contribution in [2.45, 2.75) is 13.8 Å². The maximum atomic E-state index is 12.8. The number of hydrogen-bond acceptors (Lipinski definition) is 8. The summed E-state index contributed by atoms with van der Waals surface area (Å²) in [5, 5.41) is 3.33. The molecule has 0 fully saturated rings. The summed E-state index contributed by atoms with van der Waals surface area (Å²) >= 11 is 6.00. The molecule has 1 aromatic rings. The Morgan fingerprint density at radius 3 is 2.03 bits per heavy atom. The van der Waals surface area contributed by atoms with Gasteiger partial charge in [-0.1, -0.05) is 23.7 Å². The topological polar surface area (TPSA) is 100 Å². The molecule has 0 spiro atoms. The molecule has 0 saturated carbocycles. The highest BCUT2D eigenvalue weighted by Crippen LogP contribution is 2.32. The summed E-state index contributed by atoms with van der Waals surface area (Å²) < 4.78 is 20.3. The molecule has 1 aliphatic rings. The fourth-order valence-corrected chi connectivity index (χ4v) is 3.12. The smallest absolute Gasteiger partial charge is 0.336 e. The molecule has 1 heterocycles. The van der Waals surface area contributed by atoms with Gasteiger partial charge in [0, 0.05) is 11.4 Å². The second-order valence-electron chi connectivity index (χ2n) is 6.06. The van der Waals surface area contributed by atoms with Gasteiger partial charge in [-0.25, -0.2) is 9.59 Å². The van der Waals surface area contributed by atoms with Crippen LogP contribution in [0.4, 0.5) is 0 Å². The van der Waals surface area contributed by atoms with E-state index in [2.05, 4.69) is 5.32 Å². The summed E-state index contributed by atoms with van der Waals surface area (Å²) in [7, 11) is 2.37. The van der Waals surface area contributed by atoms with Crippen LogP contribution in [0.5, 0.6) is 5.75 Å². The Morgan fingerprint density at radius 1 is 0.966 bits per heavy atom. The number of para-hydroxylation sites is 1. The molecule has 0 saturated heterocycles. The highest BCUT2D eigenvalue weighted by Gasteiger charge is 2.42. The third kappa shape index (κ3) is 5.08. The van der Waals surface area contributed by atoms with E-state index in [-0.39, 0.29) is 24.4 Å². The van der Waals surface area contributed by atoms with Crippen LogP contribution in [0.1, 0.15) is 13.8 Å². The van der Waals surface area contributed by atoms with Crippen molar-refractivity contribution < 1.29 is 33.3 Å². The fourth-order valence-electron chi connectivity index (χ4n) is 2.93. The van der Waals surface area contributed by atoms with Crippen molar-refractivity contribution in [2.24, 2.45) is 5.92 Å². The summed E-state index contributed by atoms with van der Waals surface area (Å²) in [4.78, 5) is 37.3. The second kappa shape index (κ2) is 9.97. The number of dihydropyridines is 1. The van der Waals surface area contributed by atoms with Gasteiger partial charge in [0.25, 0.3) is 0 Å². The van der Waals surface area contributed by atoms with Crippen LogP contribution in [0.25, 0.3) is 0 Å². The third-order valence-electron chi connectivity index (χ3n) is 4.23. The quantitative estimate of drug-likeness (QED) is 0.405. The van der Waals surface area contributed by atoms with Crippen molar-refractivity contribution in [1.82, 2.24) is 5.32 Å². The molecule has 0 aliphatic carbocycles. The van der Waals surface area contributed by atoms with Crippen LogP contribution in [0, 0.1) is 5.92 Å². The van der Waals surface area contributed by atoms with E-state index in [0.717, 1.165) is 0 Å². The molecule has 0 aromatic heterocycles. The first-order valence-corrected chi connectivity index (χ1v) is 9.08. The first-order valence-electron chi connectivity index (χ1n) is 8.71. The Bertz CT molecular complexity index is 837. The maximum Gasteiger partial charge on any atom is 0.336 e. The monoisotopic (exact) mass is 423 g/mol. The minimum atomic E-state index is -1.28. The first-order chi connectivity index (χ1) is 13.8. The molecule has 0 atom stereocenters. The Balaban J connectivity index is 2.17. The number of benzene rings is 1. The molecule has 0 bridgehead atoms. The van der Waals surface area contributed by atoms with Gasteiger partial charge in [-0.3, -0.25) is 4.79 Å². The van der Waals surface area contributed by atoms with Gasteiger partial charge in [0.05, 0.1) is 30.4 Å². The summed E-state index contributed by atoms with van der Waals surface area (Å²) in [6.07, 6.45) is 0. The number of nitrogens with one attached hydrogen (secondary N) is 1. The zero-order valence-electron chi connectivity index (χ0n) is 16.5. The van der Waals surface area contributed by atoms with Gasteiger partial charge in [0.2, 0.25) is 0 Å². The van der Waals surface area contributed by atoms with Crippen molar-refractivity contribution in [3.05, 3.63) is 51.8 Å². The van der Waals surface area contributed by atoms with Gasteiger partial charge in [-0.15, -0.1) is 0 Å². The SMILES string of the molecule is COC(=O)C1=C(C)NC(C)=C(C(=O)OC)C1C(=O)OCCOc1ccccc1Cl. The van der Waals surface area contributed by atoms with Crippen molar-refractivity contribution in [3.8, 4) is 5.75 Å². The molecule has 1 N–H and O–H groups in total. The van der Waals surface area contributed by atoms with E-state index in [1.807, 2.05) is 0 Å². The number of halogens is 1. The number of hydrogen-bond donors (Lipinski definition) is 1. The van der Waals surface area contributed by atoms with Crippen LogP contribution >= 0.6 is 11.6 Å². The Kier molecular flexibility index (Phi) is 7.67. The van der Waals surface area contributed by atoms with Gasteiger partial charge in [-0.2, -0.15) is 0 Å². The molecule has 0 unspecified atom stereocenters. The number of methoxy groups -OCH3 is 2. The zero-order chi connectivity index (χ0) is 21.6. The van der Waals surface area contributed by atoms with Gasteiger partial charge in [0.1, 0.15) is 24.9 Å². The Morgan fingerprint density at radius 2 is 1.52 bits per heavy atom. The molecule has 0 radical (unpaired) electrons. The van der Waals surface area contributed by atoms with Gasteiger partial charge in [0.15, 0.2) is 0 Å². The minimum absolute atomic E-state index is 0.0180. The minimum Gasteiger partial charge on any atom is -0.488 e. The lowest BCUT2D eigenvalue weighted by Gasteiger charge is -2.28. The summed E-state index contributed by atoms with van der Waals surface area (Å²) in [6.45, 7) is 3.12. The fraction of sp³-hybridized carbons (Fsp3) is 0.350. The van der Waals surface area contributed by atoms with E-state index in [9.17, 15) is 14.4 Å². The van der Waals surface area contributed by atoms with E-state index >= 15 is 0 Å². The lowest BCUT2D eigenvalue weighted by atomic mass is 9.85. The van der Waals surface area contributed by atoms with E-state index in [1.165, 1.54) is 14.2 Å². The van der Waals surface area contributed by atoms with Crippen LogP contribution in [0.2, 0.25) is 5.02 Å². The standard InChI is InChI=1S/C20H22ClNO7/c1-11-15(18(23)26-3)17(16(12(2)22-11)19(24)27-4)20(25)29-10-9-28-14-8-6-5-7-13(14)21/h5-8,17,22H,9-10H2,1-4H3. The lowest BCUT2D eigenvalue weighted by Crippen LogP contribution is -2.38. The molecule has 1 aromatic carbocycles. The molecule has 0 amide bonds.